The van der Waals surface area contributed by atoms with Gasteiger partial charge in [0.05, 0.1) is 22.2 Å². The minimum Gasteiger partial charge on any atom is -0.454 e. The van der Waals surface area contributed by atoms with Crippen molar-refractivity contribution in [1.29, 1.82) is 0 Å². The van der Waals surface area contributed by atoms with Crippen LogP contribution >= 0.6 is 0 Å². The molecule has 0 bridgehead atoms. The third-order valence-electron chi connectivity index (χ3n) is 14.1. The molecule has 0 amide bonds. The van der Waals surface area contributed by atoms with Gasteiger partial charge in [-0.15, -0.1) is 0 Å². The molecule has 2 N–H and O–H groups in total. The third kappa shape index (κ3) is 8.16. The van der Waals surface area contributed by atoms with Crippen LogP contribution in [0.3, 0.4) is 0 Å². The van der Waals surface area contributed by atoms with Crippen molar-refractivity contribution in [3.63, 3.8) is 0 Å². The topological polar surface area (TPSA) is 61.9 Å². The molecule has 0 spiro atoms. The number of allylic oxidation sites excluding steroid dienone is 6. The van der Waals surface area contributed by atoms with Crippen molar-refractivity contribution < 1.29 is 4.42 Å². The molecule has 1 atom stereocenters. The summed E-state index contributed by atoms with van der Waals surface area (Å²) in [4.78, 5) is 4.60. The van der Waals surface area contributed by atoms with Crippen molar-refractivity contribution >= 4 is 78.7 Å². The molecular weight excluding hydrogens is 853 g/mol. The normalized spacial score (nSPS) is 13.9. The summed E-state index contributed by atoms with van der Waals surface area (Å²) in [6.07, 6.45) is 23.9. The number of pyridine rings is 1. The molecule has 6 aromatic carbocycles. The van der Waals surface area contributed by atoms with E-state index in [1.807, 2.05) is 56.5 Å². The molecule has 11 rings (SSSR count). The molecule has 5 heteroatoms. The molecule has 0 saturated heterocycles. The monoisotopic (exact) mass is 912 g/mol. The second-order valence-corrected chi connectivity index (χ2v) is 18.2. The first-order valence-corrected chi connectivity index (χ1v) is 24.7. The zero-order chi connectivity index (χ0) is 48.5. The lowest BCUT2D eigenvalue weighted by Gasteiger charge is -2.29. The summed E-state index contributed by atoms with van der Waals surface area (Å²) in [5, 5.41) is 4.62. The van der Waals surface area contributed by atoms with Crippen LogP contribution in [-0.2, 0) is 0 Å². The Morgan fingerprint density at radius 3 is 2.30 bits per heavy atom. The Hall–Kier alpha value is -7.99. The van der Waals surface area contributed by atoms with E-state index in [9.17, 15) is 0 Å². The number of furan rings is 1. The third-order valence-corrected chi connectivity index (χ3v) is 14.1. The summed E-state index contributed by atoms with van der Waals surface area (Å²) < 4.78 is 10.7. The van der Waals surface area contributed by atoms with Gasteiger partial charge in [0.25, 0.3) is 0 Å². The Morgan fingerprint density at radius 2 is 1.53 bits per heavy atom. The van der Waals surface area contributed by atoms with E-state index in [1.54, 1.807) is 6.08 Å². The fourth-order valence-corrected chi connectivity index (χ4v) is 10.4. The zero-order valence-electron chi connectivity index (χ0n) is 40.9. The smallest absolute Gasteiger partial charge is 0.153 e. The molecule has 1 saturated carbocycles. The highest BCUT2D eigenvalue weighted by Gasteiger charge is 2.25. The number of nitrogens with two attached hydrogens (primary N) is 1. The molecule has 4 heterocycles. The van der Waals surface area contributed by atoms with Crippen LogP contribution in [0, 0.1) is 6.92 Å². The predicted molar refractivity (Wildman–Crippen MR) is 301 cm³/mol. The summed E-state index contributed by atoms with van der Waals surface area (Å²) in [6.45, 7) is 18.6. The molecule has 346 valence electrons. The molecule has 1 aliphatic carbocycles. The molecule has 5 nitrogen and oxygen atoms in total. The van der Waals surface area contributed by atoms with Crippen molar-refractivity contribution in [1.82, 2.24) is 14.1 Å². The maximum absolute atomic E-state index is 7.10. The van der Waals surface area contributed by atoms with Crippen molar-refractivity contribution in [2.24, 2.45) is 5.73 Å². The highest BCUT2D eigenvalue weighted by atomic mass is 16.3. The number of hydrogen-bond acceptors (Lipinski definition) is 3. The second kappa shape index (κ2) is 19.6. The molecule has 10 aromatic rings. The van der Waals surface area contributed by atoms with E-state index in [4.69, 9.17) is 10.2 Å². The molecule has 1 unspecified atom stereocenters. The minimum absolute atomic E-state index is 0.306. The van der Waals surface area contributed by atoms with E-state index in [2.05, 4.69) is 188 Å². The standard InChI is InChI=1S/C63H54N4O.C2H6/c1-6-9-10-13-33-66-57-20-12-11-19-50(57)54-37-44(24-29-58(54)66)45-25-30-60-53(36-45)48(8-3)59(16-7-2)67(60)47-27-28-49(42-17-14-18-42)52(39-47)51-38-46(23-22-40(51)4)56(64)34-41(5)43-26-31-61-55(35-43)63-62(68-61)21-15-32-65-63;1-2/h6-13,15-16,19-39,42,56H,1,3,14,17-18,64H2,2,4-5H3;1-2H3/b10-9-,16-7-,33-13-,41-34+;. The van der Waals surface area contributed by atoms with E-state index in [-0.39, 0.29) is 6.04 Å². The van der Waals surface area contributed by atoms with E-state index in [1.165, 1.54) is 68.9 Å². The Kier molecular flexibility index (Phi) is 12.8. The van der Waals surface area contributed by atoms with Crippen LogP contribution in [0.25, 0.3) is 107 Å². The summed E-state index contributed by atoms with van der Waals surface area (Å²) in [5.41, 5.74) is 27.2. The van der Waals surface area contributed by atoms with E-state index < -0.39 is 0 Å². The molecular formula is C65H60N4O. The van der Waals surface area contributed by atoms with Crippen LogP contribution in [0.15, 0.2) is 188 Å². The quantitative estimate of drug-likeness (QED) is 0.124. The van der Waals surface area contributed by atoms with Crippen LogP contribution in [0.4, 0.5) is 0 Å². The lowest BCUT2D eigenvalue weighted by Crippen LogP contribution is -2.12. The predicted octanol–water partition coefficient (Wildman–Crippen LogP) is 18.0. The fourth-order valence-electron chi connectivity index (χ4n) is 10.4. The lowest BCUT2D eigenvalue weighted by atomic mass is 9.76. The Morgan fingerprint density at radius 1 is 0.743 bits per heavy atom. The summed E-state index contributed by atoms with van der Waals surface area (Å²) in [5.74, 6) is 0.528. The maximum atomic E-state index is 7.10. The first-order chi connectivity index (χ1) is 34.3. The zero-order valence-corrected chi connectivity index (χ0v) is 40.9. The van der Waals surface area contributed by atoms with E-state index in [0.29, 0.717) is 5.92 Å². The van der Waals surface area contributed by atoms with Crippen LogP contribution in [0.2, 0.25) is 0 Å². The van der Waals surface area contributed by atoms with Gasteiger partial charge < -0.3 is 19.3 Å². The first-order valence-electron chi connectivity index (χ1n) is 24.7. The van der Waals surface area contributed by atoms with Gasteiger partial charge in [0.2, 0.25) is 0 Å². The highest BCUT2D eigenvalue weighted by molar-refractivity contribution is 6.11. The van der Waals surface area contributed by atoms with Gasteiger partial charge >= 0.3 is 0 Å². The molecule has 1 fully saturated rings. The minimum atomic E-state index is -0.306. The van der Waals surface area contributed by atoms with Crippen LogP contribution in [0.1, 0.15) is 92.4 Å². The van der Waals surface area contributed by atoms with Gasteiger partial charge in [-0.05, 0) is 175 Å². The summed E-state index contributed by atoms with van der Waals surface area (Å²) in [7, 11) is 0. The Bertz CT molecular complexity index is 3760. The lowest BCUT2D eigenvalue weighted by molar-refractivity contribution is 0.420. The average Bonchev–Trinajstić information content (AvgIpc) is 4.02. The van der Waals surface area contributed by atoms with Crippen molar-refractivity contribution in [2.45, 2.75) is 65.8 Å². The molecule has 1 aliphatic rings. The maximum Gasteiger partial charge on any atom is 0.153 e. The summed E-state index contributed by atoms with van der Waals surface area (Å²) in [6, 6.07) is 46.1. The van der Waals surface area contributed by atoms with E-state index >= 15 is 0 Å². The van der Waals surface area contributed by atoms with Gasteiger partial charge in [-0.1, -0.05) is 124 Å². The van der Waals surface area contributed by atoms with Crippen LogP contribution in [-0.4, -0.2) is 14.1 Å². The van der Waals surface area contributed by atoms with Gasteiger partial charge in [0.15, 0.2) is 5.58 Å². The number of hydrogen-bond donors (Lipinski definition) is 1. The van der Waals surface area contributed by atoms with Gasteiger partial charge in [0.1, 0.15) is 11.1 Å². The van der Waals surface area contributed by atoms with E-state index in [0.717, 1.165) is 72.2 Å². The van der Waals surface area contributed by atoms with Gasteiger partial charge in [-0.25, -0.2) is 0 Å². The van der Waals surface area contributed by atoms with Gasteiger partial charge in [-0.3, -0.25) is 4.98 Å². The van der Waals surface area contributed by atoms with Gasteiger partial charge in [0, 0.05) is 51.2 Å². The molecule has 0 radical (unpaired) electrons. The fraction of sp³-hybridized carbons (Fsp3) is 0.154. The van der Waals surface area contributed by atoms with Crippen molar-refractivity contribution in [2.75, 3.05) is 0 Å². The van der Waals surface area contributed by atoms with Crippen LogP contribution < -0.4 is 5.73 Å². The largest absolute Gasteiger partial charge is 0.454 e. The Balaban J connectivity index is 0.00000280. The first kappa shape index (κ1) is 45.8. The number of aromatic nitrogens is 3. The second-order valence-electron chi connectivity index (χ2n) is 18.2. The molecule has 70 heavy (non-hydrogen) atoms. The number of fused-ring (bicyclic) bond motifs is 7. The number of benzene rings is 6. The SMILES string of the molecule is C=C/C=C\C=C/n1c2ccccc2c2cc(-c3ccc4c(c3)c(C=C)c(/C=C\C)n4-c3ccc(C4CCC4)c(-c4cc(C(N)/C=C(\C)c5ccc6oc7cccnc7c6c5)ccc4C)c3)ccc21.CC. The number of para-hydroxylation sites is 1. The number of aryl methyl sites for hydroxylation is 1. The number of rotatable bonds is 12. The average molecular weight is 913 g/mol. The van der Waals surface area contributed by atoms with Crippen LogP contribution in [0.5, 0.6) is 0 Å². The molecule has 4 aromatic heterocycles. The Labute approximate surface area is 411 Å². The van der Waals surface area contributed by atoms with Crippen molar-refractivity contribution in [3.8, 4) is 27.9 Å². The molecule has 0 aliphatic heterocycles. The highest BCUT2D eigenvalue weighted by Crippen LogP contribution is 2.45. The summed E-state index contributed by atoms with van der Waals surface area (Å²) >= 11 is 0. The van der Waals surface area contributed by atoms with Crippen molar-refractivity contribution in [3.05, 3.63) is 217 Å². The van der Waals surface area contributed by atoms with Gasteiger partial charge in [-0.2, -0.15) is 0 Å². The number of nitrogens with zero attached hydrogens (tertiary/aromatic N) is 3.